The first-order valence-corrected chi connectivity index (χ1v) is 6.93. The van der Waals surface area contributed by atoms with Gasteiger partial charge in [-0.3, -0.25) is 0 Å². The van der Waals surface area contributed by atoms with Crippen molar-refractivity contribution < 1.29 is 19.4 Å². The molecule has 1 aliphatic rings. The first-order valence-electron chi connectivity index (χ1n) is 5.99. The van der Waals surface area contributed by atoms with Gasteiger partial charge in [0.05, 0.1) is 19.3 Å². The minimum absolute atomic E-state index is 0.0373. The summed E-state index contributed by atoms with van der Waals surface area (Å²) in [5.41, 5.74) is 1.01. The van der Waals surface area contributed by atoms with Gasteiger partial charge in [0, 0.05) is 6.54 Å². The lowest BCUT2D eigenvalue weighted by atomic mass is 10.2. The fourth-order valence-electron chi connectivity index (χ4n) is 1.92. The van der Waals surface area contributed by atoms with Crippen molar-refractivity contribution in [3.05, 3.63) is 22.4 Å². The molecule has 1 aliphatic heterocycles. The van der Waals surface area contributed by atoms with Gasteiger partial charge in [-0.2, -0.15) is 11.3 Å². The van der Waals surface area contributed by atoms with E-state index in [0.717, 1.165) is 5.56 Å². The average Bonchev–Trinajstić information content (AvgIpc) is 2.92. The maximum Gasteiger partial charge on any atom is 0.328 e. The number of nitrogens with one attached hydrogen (secondary N) is 1. The van der Waals surface area contributed by atoms with Crippen LogP contribution in [0.15, 0.2) is 16.8 Å². The van der Waals surface area contributed by atoms with Gasteiger partial charge in [0.2, 0.25) is 0 Å². The van der Waals surface area contributed by atoms with E-state index in [1.807, 2.05) is 23.8 Å². The van der Waals surface area contributed by atoms with Gasteiger partial charge < -0.3 is 20.1 Å². The first-order chi connectivity index (χ1) is 9.09. The number of urea groups is 1. The predicted molar refractivity (Wildman–Crippen MR) is 70.2 cm³/mol. The topological polar surface area (TPSA) is 78.9 Å². The van der Waals surface area contributed by atoms with Crippen molar-refractivity contribution in [2.45, 2.75) is 19.0 Å². The molecule has 104 valence electrons. The van der Waals surface area contributed by atoms with Crippen molar-refractivity contribution in [2.24, 2.45) is 0 Å². The second kappa shape index (κ2) is 6.03. The molecule has 0 saturated carbocycles. The summed E-state index contributed by atoms with van der Waals surface area (Å²) >= 11 is 1.56. The van der Waals surface area contributed by atoms with Crippen molar-refractivity contribution in [3.63, 3.8) is 0 Å². The molecule has 1 aromatic rings. The van der Waals surface area contributed by atoms with Gasteiger partial charge in [-0.25, -0.2) is 9.59 Å². The Labute approximate surface area is 115 Å². The van der Waals surface area contributed by atoms with E-state index in [2.05, 4.69) is 5.32 Å². The lowest BCUT2D eigenvalue weighted by molar-refractivity contribution is -0.147. The van der Waals surface area contributed by atoms with Gasteiger partial charge in [-0.05, 0) is 29.3 Å². The molecule has 2 unspecified atom stereocenters. The van der Waals surface area contributed by atoms with Crippen LogP contribution in [0.25, 0.3) is 0 Å². The molecular weight excluding hydrogens is 268 g/mol. The summed E-state index contributed by atoms with van der Waals surface area (Å²) in [6.45, 7) is 2.56. The van der Waals surface area contributed by atoms with Gasteiger partial charge in [-0.15, -0.1) is 0 Å². The fourth-order valence-corrected chi connectivity index (χ4v) is 2.68. The van der Waals surface area contributed by atoms with E-state index in [9.17, 15) is 9.59 Å². The molecule has 19 heavy (non-hydrogen) atoms. The van der Waals surface area contributed by atoms with E-state index in [-0.39, 0.29) is 18.7 Å². The van der Waals surface area contributed by atoms with E-state index < -0.39 is 12.0 Å². The Morgan fingerprint density at radius 3 is 3.05 bits per heavy atom. The Morgan fingerprint density at radius 1 is 1.63 bits per heavy atom. The number of thiophene rings is 1. The van der Waals surface area contributed by atoms with Crippen molar-refractivity contribution in [1.29, 1.82) is 0 Å². The van der Waals surface area contributed by atoms with Crippen LogP contribution >= 0.6 is 11.3 Å². The van der Waals surface area contributed by atoms with Crippen molar-refractivity contribution in [1.82, 2.24) is 10.2 Å². The molecule has 0 radical (unpaired) electrons. The van der Waals surface area contributed by atoms with Crippen LogP contribution in [0.2, 0.25) is 0 Å². The Morgan fingerprint density at radius 2 is 2.42 bits per heavy atom. The number of hydrogen-bond acceptors (Lipinski definition) is 4. The number of carbonyl (C=O) groups is 2. The summed E-state index contributed by atoms with van der Waals surface area (Å²) in [5, 5.41) is 15.8. The lowest BCUT2D eigenvalue weighted by Gasteiger charge is -2.33. The maximum absolute atomic E-state index is 12.1. The van der Waals surface area contributed by atoms with E-state index in [1.54, 1.807) is 11.3 Å². The van der Waals surface area contributed by atoms with Crippen molar-refractivity contribution >= 4 is 23.3 Å². The third-order valence-corrected chi connectivity index (χ3v) is 3.76. The van der Waals surface area contributed by atoms with Crippen LogP contribution in [-0.4, -0.2) is 47.8 Å². The summed E-state index contributed by atoms with van der Waals surface area (Å²) in [7, 11) is 0. The lowest BCUT2D eigenvalue weighted by Crippen LogP contribution is -2.55. The highest BCUT2D eigenvalue weighted by molar-refractivity contribution is 7.07. The third kappa shape index (κ3) is 3.24. The largest absolute Gasteiger partial charge is 0.480 e. The molecule has 0 spiro atoms. The number of rotatable bonds is 3. The molecule has 2 amide bonds. The highest BCUT2D eigenvalue weighted by Gasteiger charge is 2.33. The molecule has 6 nitrogen and oxygen atoms in total. The molecule has 0 aromatic carbocycles. The zero-order valence-electron chi connectivity index (χ0n) is 10.5. The summed E-state index contributed by atoms with van der Waals surface area (Å²) in [6.07, 6.45) is 0. The summed E-state index contributed by atoms with van der Waals surface area (Å²) in [5.74, 6) is -1.04. The predicted octanol–water partition coefficient (Wildman–Crippen LogP) is 1.30. The summed E-state index contributed by atoms with van der Waals surface area (Å²) < 4.78 is 5.10. The SMILES string of the molecule is CC(NC(=O)N1CCOCC1C(=O)O)c1ccsc1. The second-order valence-electron chi connectivity index (χ2n) is 4.35. The number of carbonyl (C=O) groups excluding carboxylic acids is 1. The van der Waals surface area contributed by atoms with Gasteiger partial charge >= 0.3 is 12.0 Å². The number of carboxylic acids is 1. The number of aliphatic carboxylic acids is 1. The third-order valence-electron chi connectivity index (χ3n) is 3.06. The number of amides is 2. The van der Waals surface area contributed by atoms with Gasteiger partial charge in [0.1, 0.15) is 0 Å². The zero-order chi connectivity index (χ0) is 13.8. The second-order valence-corrected chi connectivity index (χ2v) is 5.13. The van der Waals surface area contributed by atoms with Crippen molar-refractivity contribution in [2.75, 3.05) is 19.8 Å². The molecule has 0 bridgehead atoms. The minimum Gasteiger partial charge on any atom is -0.480 e. The van der Waals surface area contributed by atoms with Crippen LogP contribution in [0.3, 0.4) is 0 Å². The smallest absolute Gasteiger partial charge is 0.328 e. The maximum atomic E-state index is 12.1. The number of nitrogens with zero attached hydrogens (tertiary/aromatic N) is 1. The molecule has 1 fully saturated rings. The van der Waals surface area contributed by atoms with E-state index >= 15 is 0 Å². The first kappa shape index (κ1) is 13.8. The number of hydrogen-bond donors (Lipinski definition) is 2. The molecule has 2 heterocycles. The van der Waals surface area contributed by atoms with E-state index in [1.165, 1.54) is 4.90 Å². The van der Waals surface area contributed by atoms with Gasteiger partial charge in [0.25, 0.3) is 0 Å². The van der Waals surface area contributed by atoms with E-state index in [0.29, 0.717) is 13.2 Å². The number of morpholine rings is 1. The average molecular weight is 284 g/mol. The normalized spacial score (nSPS) is 20.9. The Bertz CT molecular complexity index is 449. The fraction of sp³-hybridized carbons (Fsp3) is 0.500. The highest BCUT2D eigenvalue weighted by atomic mass is 32.1. The molecular formula is C12H16N2O4S. The standard InChI is InChI=1S/C12H16N2O4S/c1-8(9-2-5-19-7-9)13-12(17)14-3-4-18-6-10(14)11(15)16/h2,5,7-8,10H,3-4,6H2,1H3,(H,13,17)(H,15,16). The molecule has 1 saturated heterocycles. The zero-order valence-corrected chi connectivity index (χ0v) is 11.4. The Hall–Kier alpha value is -1.60. The Kier molecular flexibility index (Phi) is 4.39. The van der Waals surface area contributed by atoms with Crippen molar-refractivity contribution in [3.8, 4) is 0 Å². The van der Waals surface area contributed by atoms with Crippen LogP contribution in [0, 0.1) is 0 Å². The molecule has 0 aliphatic carbocycles. The monoisotopic (exact) mass is 284 g/mol. The summed E-state index contributed by atoms with van der Waals surface area (Å²) in [6, 6.07) is 0.512. The Balaban J connectivity index is 2.00. The van der Waals surface area contributed by atoms with Crippen LogP contribution in [0.5, 0.6) is 0 Å². The van der Waals surface area contributed by atoms with Crippen LogP contribution in [-0.2, 0) is 9.53 Å². The van der Waals surface area contributed by atoms with Crippen LogP contribution in [0.4, 0.5) is 4.79 Å². The quantitative estimate of drug-likeness (QED) is 0.877. The molecule has 1 aromatic heterocycles. The molecule has 2 N–H and O–H groups in total. The molecule has 2 rings (SSSR count). The molecule has 2 atom stereocenters. The van der Waals surface area contributed by atoms with Crippen LogP contribution in [0.1, 0.15) is 18.5 Å². The summed E-state index contributed by atoms with van der Waals surface area (Å²) in [4.78, 5) is 24.5. The van der Waals surface area contributed by atoms with Crippen LogP contribution < -0.4 is 5.32 Å². The molecule has 7 heteroatoms. The number of carboxylic acid groups (broad SMARTS) is 1. The number of ether oxygens (including phenoxy) is 1. The van der Waals surface area contributed by atoms with Gasteiger partial charge in [-0.1, -0.05) is 0 Å². The minimum atomic E-state index is -1.04. The highest BCUT2D eigenvalue weighted by Crippen LogP contribution is 2.16. The van der Waals surface area contributed by atoms with E-state index in [4.69, 9.17) is 9.84 Å². The van der Waals surface area contributed by atoms with Gasteiger partial charge in [0.15, 0.2) is 6.04 Å².